The Morgan fingerprint density at radius 1 is 1.17 bits per heavy atom. The number of furan rings is 1. The zero-order chi connectivity index (χ0) is 24.2. The van der Waals surface area contributed by atoms with E-state index in [1.807, 2.05) is 4.90 Å². The van der Waals surface area contributed by atoms with Crippen LogP contribution in [0.3, 0.4) is 0 Å². The van der Waals surface area contributed by atoms with Crippen LogP contribution in [0.1, 0.15) is 51.9 Å². The lowest BCUT2D eigenvalue weighted by Crippen LogP contribution is -2.54. The first-order chi connectivity index (χ1) is 17.1. The molecule has 1 atom stereocenters. The lowest BCUT2D eigenvalue weighted by molar-refractivity contribution is -0.135. The van der Waals surface area contributed by atoms with Crippen molar-refractivity contribution >= 4 is 23.6 Å². The number of aromatic nitrogens is 5. The van der Waals surface area contributed by atoms with Crippen molar-refractivity contribution in [1.82, 2.24) is 34.4 Å². The van der Waals surface area contributed by atoms with Crippen LogP contribution < -0.4 is 11.1 Å². The van der Waals surface area contributed by atoms with E-state index in [4.69, 9.17) is 10.2 Å². The van der Waals surface area contributed by atoms with Gasteiger partial charge in [0.2, 0.25) is 23.6 Å². The van der Waals surface area contributed by atoms with Gasteiger partial charge in [0.25, 0.3) is 5.78 Å². The summed E-state index contributed by atoms with van der Waals surface area (Å²) in [7, 11) is 0. The number of rotatable bonds is 8. The summed E-state index contributed by atoms with van der Waals surface area (Å²) in [6.45, 7) is 6.68. The summed E-state index contributed by atoms with van der Waals surface area (Å²) in [5, 5.41) is 7.71. The second-order valence-electron chi connectivity index (χ2n) is 9.57. The third-order valence-corrected chi connectivity index (χ3v) is 7.16. The quantitative estimate of drug-likeness (QED) is 0.498. The van der Waals surface area contributed by atoms with Crippen molar-refractivity contribution in [1.29, 1.82) is 0 Å². The third-order valence-electron chi connectivity index (χ3n) is 7.16. The molecule has 3 aromatic rings. The maximum absolute atomic E-state index is 13.7. The molecule has 0 spiro atoms. The van der Waals surface area contributed by atoms with E-state index in [1.54, 1.807) is 18.4 Å². The number of nitrogens with one attached hydrogen (secondary N) is 1. The van der Waals surface area contributed by atoms with Gasteiger partial charge in [-0.05, 0) is 43.9 Å². The van der Waals surface area contributed by atoms with Gasteiger partial charge in [-0.1, -0.05) is 32.6 Å². The smallest absolute Gasteiger partial charge is 0.259 e. The number of piperazine rings is 1. The first kappa shape index (κ1) is 23.5. The van der Waals surface area contributed by atoms with E-state index in [0.717, 1.165) is 58.4 Å². The number of amides is 1. The minimum Gasteiger partial charge on any atom is -0.461 e. The maximum atomic E-state index is 13.7. The Hall–Kier alpha value is -3.21. The molecule has 1 aliphatic carbocycles. The Balaban J connectivity index is 1.35. The summed E-state index contributed by atoms with van der Waals surface area (Å²) in [6, 6.07) is 3.16. The molecule has 11 heteroatoms. The molecule has 1 aliphatic heterocycles. The lowest BCUT2D eigenvalue weighted by Gasteiger charge is -2.39. The van der Waals surface area contributed by atoms with Gasteiger partial charge in [0.15, 0.2) is 5.76 Å². The summed E-state index contributed by atoms with van der Waals surface area (Å²) >= 11 is 0. The van der Waals surface area contributed by atoms with Crippen molar-refractivity contribution in [2.45, 2.75) is 57.9 Å². The SMILES string of the molecule is CCCCN1CCN(C(=O)[C@@H](Nc2nc(N)n3nc(-c4ccco4)nc3n2)C2CCCCC2)CC1. The first-order valence-corrected chi connectivity index (χ1v) is 12.8. The molecule has 3 N–H and O–H groups in total. The molecule has 1 amide bonds. The normalized spacial score (nSPS) is 18.7. The Kier molecular flexibility index (Phi) is 7.12. The van der Waals surface area contributed by atoms with Crippen molar-refractivity contribution in [3.05, 3.63) is 18.4 Å². The number of unbranched alkanes of at least 4 members (excludes halogenated alkanes) is 1. The summed E-state index contributed by atoms with van der Waals surface area (Å²) in [5.41, 5.74) is 6.19. The topological polar surface area (TPSA) is 131 Å². The highest BCUT2D eigenvalue weighted by molar-refractivity contribution is 5.85. The molecule has 4 heterocycles. The van der Waals surface area contributed by atoms with E-state index >= 15 is 0 Å². The van der Waals surface area contributed by atoms with Gasteiger partial charge in [-0.3, -0.25) is 9.69 Å². The summed E-state index contributed by atoms with van der Waals surface area (Å²) in [4.78, 5) is 31.6. The van der Waals surface area contributed by atoms with Crippen molar-refractivity contribution in [2.75, 3.05) is 43.8 Å². The molecule has 11 nitrogen and oxygen atoms in total. The molecule has 188 valence electrons. The van der Waals surface area contributed by atoms with E-state index in [1.165, 1.54) is 23.8 Å². The number of hydrogen-bond donors (Lipinski definition) is 2. The average molecular weight is 482 g/mol. The van der Waals surface area contributed by atoms with E-state index in [-0.39, 0.29) is 23.8 Å². The van der Waals surface area contributed by atoms with Gasteiger partial charge in [-0.25, -0.2) is 0 Å². The van der Waals surface area contributed by atoms with Crippen LogP contribution in [0.25, 0.3) is 17.4 Å². The molecule has 0 bridgehead atoms. The second kappa shape index (κ2) is 10.6. The van der Waals surface area contributed by atoms with Crippen LogP contribution in [0.5, 0.6) is 0 Å². The zero-order valence-corrected chi connectivity index (χ0v) is 20.4. The number of carbonyl (C=O) groups excluding carboxylic acids is 1. The van der Waals surface area contributed by atoms with Crippen LogP contribution in [0.2, 0.25) is 0 Å². The monoisotopic (exact) mass is 481 g/mol. The fourth-order valence-corrected chi connectivity index (χ4v) is 5.14. The Morgan fingerprint density at radius 2 is 1.97 bits per heavy atom. The molecule has 2 aliphatic rings. The predicted octanol–water partition coefficient (Wildman–Crippen LogP) is 2.67. The van der Waals surface area contributed by atoms with Crippen molar-refractivity contribution < 1.29 is 9.21 Å². The van der Waals surface area contributed by atoms with Crippen LogP contribution in [0.15, 0.2) is 22.8 Å². The minimum absolute atomic E-state index is 0.131. The molecular formula is C24H35N9O2. The summed E-state index contributed by atoms with van der Waals surface area (Å²) in [5.74, 6) is 2.05. The van der Waals surface area contributed by atoms with Gasteiger partial charge in [-0.15, -0.1) is 5.10 Å². The van der Waals surface area contributed by atoms with E-state index in [0.29, 0.717) is 23.3 Å². The fraction of sp³-hybridized carbons (Fsp3) is 0.625. The standard InChI is InChI=1S/C24H35N9O2/c1-2-3-11-31-12-14-32(15-13-31)21(34)19(17-8-5-4-6-9-17)26-23-28-22(25)33-24(29-23)27-20(30-33)18-10-7-16-35-18/h7,10,16-17,19H,2-6,8-9,11-15H2,1H3,(H3,25,26,27,28,29,30)/t19-/m0/s1. The highest BCUT2D eigenvalue weighted by Gasteiger charge is 2.34. The van der Waals surface area contributed by atoms with Crippen molar-refractivity contribution in [3.63, 3.8) is 0 Å². The van der Waals surface area contributed by atoms with E-state index in [2.05, 4.69) is 37.2 Å². The number of carbonyl (C=O) groups is 1. The van der Waals surface area contributed by atoms with Crippen LogP contribution in [0, 0.1) is 5.92 Å². The highest BCUT2D eigenvalue weighted by Crippen LogP contribution is 2.29. The van der Waals surface area contributed by atoms with Crippen molar-refractivity contribution in [3.8, 4) is 11.6 Å². The largest absolute Gasteiger partial charge is 0.461 e. The van der Waals surface area contributed by atoms with Crippen molar-refractivity contribution in [2.24, 2.45) is 5.92 Å². The molecule has 5 rings (SSSR count). The molecule has 0 radical (unpaired) electrons. The van der Waals surface area contributed by atoms with Crippen LogP contribution in [0.4, 0.5) is 11.9 Å². The van der Waals surface area contributed by atoms with E-state index < -0.39 is 0 Å². The maximum Gasteiger partial charge on any atom is 0.259 e. The van der Waals surface area contributed by atoms with Crippen LogP contribution in [-0.2, 0) is 4.79 Å². The second-order valence-corrected chi connectivity index (χ2v) is 9.57. The molecule has 3 aromatic heterocycles. The van der Waals surface area contributed by atoms with Gasteiger partial charge < -0.3 is 20.4 Å². The zero-order valence-electron chi connectivity index (χ0n) is 20.4. The highest BCUT2D eigenvalue weighted by atomic mass is 16.3. The molecule has 2 fully saturated rings. The van der Waals surface area contributed by atoms with Crippen LogP contribution >= 0.6 is 0 Å². The van der Waals surface area contributed by atoms with Gasteiger partial charge in [0, 0.05) is 26.2 Å². The number of nitrogens with zero attached hydrogens (tertiary/aromatic N) is 7. The molecular weight excluding hydrogens is 446 g/mol. The molecule has 1 saturated carbocycles. The number of nitrogen functional groups attached to an aromatic ring is 1. The number of hydrogen-bond acceptors (Lipinski definition) is 9. The average Bonchev–Trinajstić information content (AvgIpc) is 3.57. The van der Waals surface area contributed by atoms with Gasteiger partial charge in [-0.2, -0.15) is 19.5 Å². The van der Waals surface area contributed by atoms with Gasteiger partial charge in [0.05, 0.1) is 6.26 Å². The minimum atomic E-state index is -0.383. The predicted molar refractivity (Wildman–Crippen MR) is 133 cm³/mol. The number of nitrogens with two attached hydrogens (primary N) is 1. The Morgan fingerprint density at radius 3 is 2.69 bits per heavy atom. The van der Waals surface area contributed by atoms with Gasteiger partial charge in [0.1, 0.15) is 6.04 Å². The number of anilines is 2. The van der Waals surface area contributed by atoms with E-state index in [9.17, 15) is 4.79 Å². The molecule has 0 unspecified atom stereocenters. The third kappa shape index (κ3) is 5.24. The molecule has 35 heavy (non-hydrogen) atoms. The molecule has 1 saturated heterocycles. The first-order valence-electron chi connectivity index (χ1n) is 12.8. The lowest BCUT2D eigenvalue weighted by atomic mass is 9.83. The van der Waals surface area contributed by atoms with Crippen LogP contribution in [-0.4, -0.2) is 79.0 Å². The Bertz CT molecular complexity index is 1120. The summed E-state index contributed by atoms with van der Waals surface area (Å²) < 4.78 is 6.78. The fourth-order valence-electron chi connectivity index (χ4n) is 5.14. The molecule has 0 aromatic carbocycles. The number of fused-ring (bicyclic) bond motifs is 1. The Labute approximate surface area is 205 Å². The summed E-state index contributed by atoms with van der Waals surface area (Å²) in [6.07, 6.45) is 9.49. The van der Waals surface area contributed by atoms with Gasteiger partial charge >= 0.3 is 0 Å².